The number of rotatable bonds is 7. The average molecular weight is 480 g/mol. The first-order valence-electron chi connectivity index (χ1n) is 10.4. The Morgan fingerprint density at radius 2 is 1.68 bits per heavy atom. The number of amides is 1. The Bertz CT molecular complexity index is 870. The van der Waals surface area contributed by atoms with Gasteiger partial charge in [-0.3, -0.25) is 9.69 Å². The molecule has 0 N–H and O–H groups in total. The highest BCUT2D eigenvalue weighted by atomic mass is 32.2. The largest absolute Gasteiger partial charge is 0.416 e. The highest BCUT2D eigenvalue weighted by molar-refractivity contribution is 8.01. The van der Waals surface area contributed by atoms with E-state index in [0.717, 1.165) is 12.1 Å². The second-order valence-electron chi connectivity index (χ2n) is 7.84. The van der Waals surface area contributed by atoms with Crippen LogP contribution >= 0.6 is 11.8 Å². The number of halogens is 3. The number of piperazine rings is 1. The molecule has 2 saturated heterocycles. The lowest BCUT2D eigenvalue weighted by molar-refractivity contribution is -0.137. The van der Waals surface area contributed by atoms with E-state index in [-0.39, 0.29) is 22.3 Å². The number of thioether (sulfide) groups is 1. The molecule has 0 saturated carbocycles. The summed E-state index contributed by atoms with van der Waals surface area (Å²) in [6.45, 7) is 6.75. The molecule has 0 bridgehead atoms. The number of sulfonamides is 1. The van der Waals surface area contributed by atoms with E-state index in [9.17, 15) is 26.4 Å². The van der Waals surface area contributed by atoms with E-state index in [1.165, 1.54) is 28.2 Å². The van der Waals surface area contributed by atoms with Crippen LogP contribution in [0.25, 0.3) is 0 Å². The van der Waals surface area contributed by atoms with Gasteiger partial charge >= 0.3 is 6.18 Å². The van der Waals surface area contributed by atoms with Gasteiger partial charge in [0.25, 0.3) is 0 Å². The number of carbonyl (C=O) groups is 1. The van der Waals surface area contributed by atoms with Crippen molar-refractivity contribution in [3.05, 3.63) is 35.4 Å². The highest BCUT2D eigenvalue weighted by Gasteiger charge is 2.39. The Labute approximate surface area is 185 Å². The Morgan fingerprint density at radius 1 is 1.06 bits per heavy atom. The summed E-state index contributed by atoms with van der Waals surface area (Å²) in [5.74, 6) is 0.123. The maximum atomic E-state index is 12.9. The summed E-state index contributed by atoms with van der Waals surface area (Å²) in [4.78, 5) is 16.5. The van der Waals surface area contributed by atoms with Gasteiger partial charge in [-0.25, -0.2) is 8.42 Å². The predicted octanol–water partition coefficient (Wildman–Crippen LogP) is 3.03. The van der Waals surface area contributed by atoms with E-state index in [1.54, 1.807) is 11.8 Å². The van der Waals surface area contributed by atoms with Crippen molar-refractivity contribution in [2.75, 3.05) is 45.0 Å². The lowest BCUT2D eigenvalue weighted by Crippen LogP contribution is -2.50. The van der Waals surface area contributed by atoms with Gasteiger partial charge in [0.05, 0.1) is 16.6 Å². The fourth-order valence-electron chi connectivity index (χ4n) is 3.86. The Balaban J connectivity index is 1.60. The highest BCUT2D eigenvalue weighted by Crippen LogP contribution is 2.43. The summed E-state index contributed by atoms with van der Waals surface area (Å²) >= 11 is 1.43. The number of nitrogens with zero attached hydrogens (tertiary/aromatic N) is 3. The molecule has 0 aromatic heterocycles. The van der Waals surface area contributed by atoms with E-state index in [1.807, 2.05) is 6.92 Å². The van der Waals surface area contributed by atoms with Crippen molar-refractivity contribution in [2.24, 2.45) is 0 Å². The predicted molar refractivity (Wildman–Crippen MR) is 115 cm³/mol. The molecule has 2 heterocycles. The zero-order valence-electron chi connectivity index (χ0n) is 17.6. The van der Waals surface area contributed by atoms with Gasteiger partial charge in [-0.1, -0.05) is 19.1 Å². The fourth-order valence-corrected chi connectivity index (χ4v) is 6.67. The lowest BCUT2D eigenvalue weighted by atomic mass is 10.1. The molecule has 1 amide bonds. The summed E-state index contributed by atoms with van der Waals surface area (Å²) in [6, 6.07) is 4.99. The molecule has 174 valence electrons. The van der Waals surface area contributed by atoms with Crippen molar-refractivity contribution in [1.29, 1.82) is 0 Å². The van der Waals surface area contributed by atoms with Crippen LogP contribution in [0.2, 0.25) is 0 Å². The molecule has 2 aliphatic rings. The van der Waals surface area contributed by atoms with E-state index >= 15 is 0 Å². The Morgan fingerprint density at radius 3 is 2.23 bits per heavy atom. The first-order valence-corrected chi connectivity index (χ1v) is 12.9. The van der Waals surface area contributed by atoms with Crippen molar-refractivity contribution >= 4 is 27.7 Å². The minimum atomic E-state index is -4.39. The second kappa shape index (κ2) is 9.68. The fraction of sp³-hybridized carbons (Fsp3) is 0.650. The molecule has 2 aliphatic heterocycles. The SMILES string of the molecule is CCCS(=O)(=O)N1CCN(CCN2C(=O)C(C)SC2c2ccc(C(F)(F)F)cc2)CC1. The molecule has 6 nitrogen and oxygen atoms in total. The van der Waals surface area contributed by atoms with Crippen LogP contribution in [0.1, 0.15) is 36.8 Å². The number of carbonyl (C=O) groups excluding carboxylic acids is 1. The third-order valence-electron chi connectivity index (χ3n) is 5.61. The molecule has 1 aromatic rings. The summed E-state index contributed by atoms with van der Waals surface area (Å²) in [6.07, 6.45) is -3.81. The van der Waals surface area contributed by atoms with Gasteiger partial charge in [0, 0.05) is 39.3 Å². The van der Waals surface area contributed by atoms with Gasteiger partial charge in [0.2, 0.25) is 15.9 Å². The van der Waals surface area contributed by atoms with Gasteiger partial charge < -0.3 is 4.90 Å². The van der Waals surface area contributed by atoms with Crippen LogP contribution in [-0.2, 0) is 21.0 Å². The summed E-state index contributed by atoms with van der Waals surface area (Å²) in [5.41, 5.74) is -0.0350. The summed E-state index contributed by atoms with van der Waals surface area (Å²) in [5, 5.41) is -0.584. The lowest BCUT2D eigenvalue weighted by Gasteiger charge is -2.35. The summed E-state index contributed by atoms with van der Waals surface area (Å²) in [7, 11) is -3.20. The molecule has 11 heteroatoms. The van der Waals surface area contributed by atoms with Crippen molar-refractivity contribution in [2.45, 2.75) is 37.1 Å². The average Bonchev–Trinajstić information content (AvgIpc) is 3.00. The normalized spacial score (nSPS) is 24.2. The maximum absolute atomic E-state index is 12.9. The quantitative estimate of drug-likeness (QED) is 0.602. The van der Waals surface area contributed by atoms with Crippen LogP contribution < -0.4 is 0 Å². The Kier molecular flexibility index (Phi) is 7.60. The smallest absolute Gasteiger partial charge is 0.324 e. The zero-order valence-corrected chi connectivity index (χ0v) is 19.3. The van der Waals surface area contributed by atoms with Gasteiger partial charge in [-0.2, -0.15) is 17.5 Å². The molecule has 2 unspecified atom stereocenters. The molecule has 2 atom stereocenters. The topological polar surface area (TPSA) is 60.9 Å². The minimum absolute atomic E-state index is 0.0287. The first-order chi connectivity index (χ1) is 14.5. The monoisotopic (exact) mass is 479 g/mol. The van der Waals surface area contributed by atoms with Crippen molar-refractivity contribution in [3.63, 3.8) is 0 Å². The van der Waals surface area contributed by atoms with Crippen LogP contribution in [0.4, 0.5) is 13.2 Å². The third kappa shape index (κ3) is 5.74. The first kappa shape index (κ1) is 24.3. The maximum Gasteiger partial charge on any atom is 0.416 e. The van der Waals surface area contributed by atoms with Crippen molar-refractivity contribution in [1.82, 2.24) is 14.1 Å². The van der Waals surface area contributed by atoms with Gasteiger partial charge in [-0.05, 0) is 31.0 Å². The zero-order chi connectivity index (χ0) is 22.8. The molecule has 31 heavy (non-hydrogen) atoms. The van der Waals surface area contributed by atoms with Crippen LogP contribution in [0.15, 0.2) is 24.3 Å². The van der Waals surface area contributed by atoms with Gasteiger partial charge in [0.15, 0.2) is 0 Å². The molecular weight excluding hydrogens is 451 g/mol. The number of hydrogen-bond donors (Lipinski definition) is 0. The van der Waals surface area contributed by atoms with E-state index < -0.39 is 21.8 Å². The Hall–Kier alpha value is -1.30. The second-order valence-corrected chi connectivity index (χ2v) is 11.4. The molecule has 0 spiro atoms. The van der Waals surface area contributed by atoms with Gasteiger partial charge in [0.1, 0.15) is 5.37 Å². The van der Waals surface area contributed by atoms with Crippen LogP contribution in [-0.4, -0.2) is 78.7 Å². The van der Waals surface area contributed by atoms with E-state index in [0.29, 0.717) is 51.3 Å². The third-order valence-corrected chi connectivity index (χ3v) is 9.08. The van der Waals surface area contributed by atoms with Crippen LogP contribution in [0.5, 0.6) is 0 Å². The van der Waals surface area contributed by atoms with Crippen molar-refractivity contribution < 1.29 is 26.4 Å². The van der Waals surface area contributed by atoms with E-state index in [2.05, 4.69) is 4.90 Å². The van der Waals surface area contributed by atoms with Gasteiger partial charge in [-0.15, -0.1) is 11.8 Å². The standard InChI is InChI=1S/C20H28F3N3O3S2/c1-3-14-31(28,29)25-11-8-24(9-12-25)10-13-26-18(27)15(2)30-19(26)16-4-6-17(7-5-16)20(21,22)23/h4-7,15,19H,3,8-14H2,1-2H3. The molecule has 0 radical (unpaired) electrons. The van der Waals surface area contributed by atoms with Crippen LogP contribution in [0.3, 0.4) is 0 Å². The molecule has 1 aromatic carbocycles. The minimum Gasteiger partial charge on any atom is -0.324 e. The van der Waals surface area contributed by atoms with Crippen molar-refractivity contribution in [3.8, 4) is 0 Å². The molecule has 2 fully saturated rings. The number of hydrogen-bond acceptors (Lipinski definition) is 5. The molecule has 0 aliphatic carbocycles. The number of alkyl halides is 3. The number of benzene rings is 1. The van der Waals surface area contributed by atoms with Crippen LogP contribution in [0, 0.1) is 0 Å². The van der Waals surface area contributed by atoms with E-state index in [4.69, 9.17) is 0 Å². The molecular formula is C20H28F3N3O3S2. The molecule has 3 rings (SSSR count). The summed E-state index contributed by atoms with van der Waals surface area (Å²) < 4.78 is 64.5.